The lowest BCUT2D eigenvalue weighted by molar-refractivity contribution is -0.383. The zero-order chi connectivity index (χ0) is 14.7. The van der Waals surface area contributed by atoms with Crippen molar-refractivity contribution in [2.75, 3.05) is 11.1 Å². The molecule has 0 atom stereocenters. The number of nitrogen functional groups attached to an aromatic ring is 1. The zero-order valence-corrected chi connectivity index (χ0v) is 10.8. The first-order valence-electron chi connectivity index (χ1n) is 5.44. The lowest BCUT2D eigenvalue weighted by Crippen LogP contribution is -2.12. The van der Waals surface area contributed by atoms with Crippen LogP contribution in [0, 0.1) is 10.1 Å². The maximum atomic E-state index is 12.0. The number of aromatic nitrogens is 1. The number of nitrogens with zero attached hydrogens (tertiary/aromatic N) is 2. The molecular weight excluding hydrogens is 284 g/mol. The molecule has 0 saturated heterocycles. The number of carbonyl (C=O) groups is 1. The van der Waals surface area contributed by atoms with Crippen molar-refractivity contribution in [1.82, 2.24) is 4.98 Å². The molecule has 0 bridgehead atoms. The van der Waals surface area contributed by atoms with Gasteiger partial charge in [-0.1, -0.05) is 11.6 Å². The number of halogens is 1. The number of nitrogens with two attached hydrogens (primary N) is 1. The van der Waals surface area contributed by atoms with Gasteiger partial charge in [0.15, 0.2) is 0 Å². The van der Waals surface area contributed by atoms with Gasteiger partial charge in [0.2, 0.25) is 0 Å². The molecule has 1 heterocycles. The Hall–Kier alpha value is -2.67. The Morgan fingerprint density at radius 3 is 2.60 bits per heavy atom. The van der Waals surface area contributed by atoms with Crippen molar-refractivity contribution in [3.8, 4) is 0 Å². The molecule has 8 heteroatoms. The van der Waals surface area contributed by atoms with E-state index in [0.29, 0.717) is 5.69 Å². The summed E-state index contributed by atoms with van der Waals surface area (Å²) in [7, 11) is 0. The van der Waals surface area contributed by atoms with Crippen LogP contribution < -0.4 is 11.1 Å². The van der Waals surface area contributed by atoms with Crippen LogP contribution in [-0.2, 0) is 0 Å². The fraction of sp³-hybridized carbons (Fsp3) is 0. The quantitative estimate of drug-likeness (QED) is 0.513. The van der Waals surface area contributed by atoms with Crippen molar-refractivity contribution in [3.63, 3.8) is 0 Å². The Kier molecular flexibility index (Phi) is 3.81. The number of hydrogen-bond donors (Lipinski definition) is 2. The highest BCUT2D eigenvalue weighted by atomic mass is 35.5. The van der Waals surface area contributed by atoms with E-state index in [0.717, 1.165) is 6.07 Å². The van der Waals surface area contributed by atoms with Crippen molar-refractivity contribution in [2.45, 2.75) is 0 Å². The molecule has 0 saturated carbocycles. The van der Waals surface area contributed by atoms with Crippen molar-refractivity contribution in [3.05, 3.63) is 57.4 Å². The van der Waals surface area contributed by atoms with Gasteiger partial charge in [-0.3, -0.25) is 19.9 Å². The summed E-state index contributed by atoms with van der Waals surface area (Å²) >= 11 is 5.79. The lowest BCUT2D eigenvalue weighted by atomic mass is 10.1. The van der Waals surface area contributed by atoms with Gasteiger partial charge in [0, 0.05) is 29.7 Å². The van der Waals surface area contributed by atoms with Gasteiger partial charge in [-0.25, -0.2) is 0 Å². The Labute approximate surface area is 118 Å². The van der Waals surface area contributed by atoms with E-state index < -0.39 is 16.5 Å². The average molecular weight is 293 g/mol. The van der Waals surface area contributed by atoms with Crippen molar-refractivity contribution < 1.29 is 9.72 Å². The second kappa shape index (κ2) is 5.54. The maximum Gasteiger partial charge on any atom is 0.294 e. The number of rotatable bonds is 3. The summed E-state index contributed by atoms with van der Waals surface area (Å²) in [5.74, 6) is -0.527. The molecule has 1 aromatic carbocycles. The van der Waals surface area contributed by atoms with E-state index in [1.807, 2.05) is 0 Å². The van der Waals surface area contributed by atoms with Crippen LogP contribution in [0.15, 0.2) is 36.7 Å². The summed E-state index contributed by atoms with van der Waals surface area (Å²) < 4.78 is 0. The molecule has 0 spiro atoms. The predicted octanol–water partition coefficient (Wildman–Crippen LogP) is 2.48. The third kappa shape index (κ3) is 2.83. The Morgan fingerprint density at radius 2 is 2.00 bits per heavy atom. The van der Waals surface area contributed by atoms with Crippen LogP contribution in [0.25, 0.3) is 0 Å². The van der Waals surface area contributed by atoms with Crippen molar-refractivity contribution in [2.24, 2.45) is 0 Å². The maximum absolute atomic E-state index is 12.0. The minimum Gasteiger partial charge on any atom is -0.392 e. The molecule has 0 radical (unpaired) electrons. The molecule has 0 aliphatic heterocycles. The molecule has 2 rings (SSSR count). The van der Waals surface area contributed by atoms with Crippen LogP contribution in [0.1, 0.15) is 10.4 Å². The van der Waals surface area contributed by atoms with E-state index in [4.69, 9.17) is 17.3 Å². The number of nitrogens with one attached hydrogen (secondary N) is 1. The van der Waals surface area contributed by atoms with Crippen LogP contribution in [0.2, 0.25) is 5.02 Å². The van der Waals surface area contributed by atoms with Gasteiger partial charge in [-0.05, 0) is 18.2 Å². The number of nitro benzene ring substituents is 1. The van der Waals surface area contributed by atoms with Crippen LogP contribution in [0.5, 0.6) is 0 Å². The molecule has 0 unspecified atom stereocenters. The first-order chi connectivity index (χ1) is 9.49. The van der Waals surface area contributed by atoms with E-state index in [9.17, 15) is 14.9 Å². The molecule has 0 aliphatic rings. The van der Waals surface area contributed by atoms with Crippen molar-refractivity contribution in [1.29, 1.82) is 0 Å². The van der Waals surface area contributed by atoms with Gasteiger partial charge >= 0.3 is 0 Å². The SMILES string of the molecule is Nc1c(Cl)cc(C(=O)Nc2ccncc2)cc1[N+](=O)[O-]. The monoisotopic (exact) mass is 292 g/mol. The molecule has 3 N–H and O–H groups in total. The molecule has 1 amide bonds. The minimum absolute atomic E-state index is 0.0425. The highest BCUT2D eigenvalue weighted by Crippen LogP contribution is 2.31. The minimum atomic E-state index is -0.690. The summed E-state index contributed by atoms with van der Waals surface area (Å²) in [6, 6.07) is 5.54. The molecule has 1 aromatic heterocycles. The summed E-state index contributed by atoms with van der Waals surface area (Å²) in [4.78, 5) is 26.0. The van der Waals surface area contributed by atoms with Crippen LogP contribution in [-0.4, -0.2) is 15.8 Å². The average Bonchev–Trinajstić information content (AvgIpc) is 2.42. The smallest absolute Gasteiger partial charge is 0.294 e. The number of benzene rings is 1. The third-order valence-corrected chi connectivity index (χ3v) is 2.82. The molecular formula is C12H9ClN4O3. The van der Waals surface area contributed by atoms with Crippen LogP contribution in [0.3, 0.4) is 0 Å². The molecule has 0 aliphatic carbocycles. The van der Waals surface area contributed by atoms with Crippen LogP contribution in [0.4, 0.5) is 17.1 Å². The van der Waals surface area contributed by atoms with Crippen molar-refractivity contribution >= 4 is 34.6 Å². The second-order valence-corrected chi connectivity index (χ2v) is 4.25. The predicted molar refractivity (Wildman–Crippen MR) is 74.7 cm³/mol. The van der Waals surface area contributed by atoms with E-state index in [-0.39, 0.29) is 16.3 Å². The summed E-state index contributed by atoms with van der Waals surface area (Å²) in [5, 5.41) is 13.4. The zero-order valence-electron chi connectivity index (χ0n) is 10.0. The number of amides is 1. The second-order valence-electron chi connectivity index (χ2n) is 3.84. The van der Waals surface area contributed by atoms with Gasteiger partial charge in [-0.2, -0.15) is 0 Å². The molecule has 102 valence electrons. The summed E-state index contributed by atoms with van der Waals surface area (Å²) in [6.07, 6.45) is 3.02. The number of pyridine rings is 1. The van der Waals surface area contributed by atoms with Gasteiger partial charge in [0.25, 0.3) is 11.6 Å². The Morgan fingerprint density at radius 1 is 1.35 bits per heavy atom. The van der Waals surface area contributed by atoms with Gasteiger partial charge in [-0.15, -0.1) is 0 Å². The van der Waals surface area contributed by atoms with E-state index in [1.165, 1.54) is 18.5 Å². The molecule has 7 nitrogen and oxygen atoms in total. The number of hydrogen-bond acceptors (Lipinski definition) is 5. The molecule has 20 heavy (non-hydrogen) atoms. The normalized spacial score (nSPS) is 10.1. The van der Waals surface area contributed by atoms with E-state index >= 15 is 0 Å². The number of nitro groups is 1. The highest BCUT2D eigenvalue weighted by Gasteiger charge is 2.19. The highest BCUT2D eigenvalue weighted by molar-refractivity contribution is 6.34. The molecule has 0 fully saturated rings. The third-order valence-electron chi connectivity index (χ3n) is 2.50. The first kappa shape index (κ1) is 13.8. The van der Waals surface area contributed by atoms with Gasteiger partial charge in [0.05, 0.1) is 9.95 Å². The van der Waals surface area contributed by atoms with E-state index in [1.54, 1.807) is 12.1 Å². The fourth-order valence-electron chi connectivity index (χ4n) is 1.52. The fourth-order valence-corrected chi connectivity index (χ4v) is 1.74. The molecule has 2 aromatic rings. The Bertz CT molecular complexity index is 676. The topological polar surface area (TPSA) is 111 Å². The van der Waals surface area contributed by atoms with E-state index in [2.05, 4.69) is 10.3 Å². The largest absolute Gasteiger partial charge is 0.392 e. The standard InChI is InChI=1S/C12H9ClN4O3/c13-9-5-7(6-10(11(9)14)17(19)20)12(18)16-8-1-3-15-4-2-8/h1-6H,14H2,(H,15,16,18). The number of carbonyl (C=O) groups excluding carboxylic acids is 1. The summed E-state index contributed by atoms with van der Waals surface area (Å²) in [5.41, 5.74) is 5.48. The van der Waals surface area contributed by atoms with Gasteiger partial charge in [0.1, 0.15) is 5.69 Å². The Balaban J connectivity index is 2.33. The van der Waals surface area contributed by atoms with Crippen LogP contribution >= 0.6 is 11.6 Å². The summed E-state index contributed by atoms with van der Waals surface area (Å²) in [6.45, 7) is 0. The van der Waals surface area contributed by atoms with Gasteiger partial charge < -0.3 is 11.1 Å². The first-order valence-corrected chi connectivity index (χ1v) is 5.81. The number of anilines is 2. The lowest BCUT2D eigenvalue weighted by Gasteiger charge is -2.06.